The zero-order valence-electron chi connectivity index (χ0n) is 18.4. The number of ketones is 1. The molecule has 2 aromatic rings. The van der Waals surface area contributed by atoms with Gasteiger partial charge in [0.1, 0.15) is 17.2 Å². The van der Waals surface area contributed by atoms with E-state index in [0.29, 0.717) is 17.1 Å². The van der Waals surface area contributed by atoms with Crippen LogP contribution in [0.5, 0.6) is 17.2 Å². The molecule has 2 aromatic carbocycles. The Hall–Kier alpha value is -3.27. The smallest absolute Gasteiger partial charge is 0.189 e. The van der Waals surface area contributed by atoms with E-state index in [9.17, 15) is 4.79 Å². The highest BCUT2D eigenvalue weighted by molar-refractivity contribution is 6.08. The first kappa shape index (κ1) is 23.0. The summed E-state index contributed by atoms with van der Waals surface area (Å²) >= 11 is 0. The van der Waals surface area contributed by atoms with Gasteiger partial charge in [-0.1, -0.05) is 32.1 Å². The number of hydrogen-bond donors (Lipinski definition) is 0. The maximum absolute atomic E-state index is 12.7. The van der Waals surface area contributed by atoms with E-state index in [1.165, 1.54) is 0 Å². The van der Waals surface area contributed by atoms with Crippen LogP contribution < -0.4 is 14.2 Å². The van der Waals surface area contributed by atoms with Crippen molar-refractivity contribution in [3.8, 4) is 17.2 Å². The van der Waals surface area contributed by atoms with Crippen molar-refractivity contribution in [1.82, 2.24) is 0 Å². The van der Waals surface area contributed by atoms with Crippen LogP contribution in [0.2, 0.25) is 0 Å². The highest BCUT2D eigenvalue weighted by Gasteiger charge is 2.12. The Balaban J connectivity index is 2.12. The quantitative estimate of drug-likeness (QED) is 0.243. The van der Waals surface area contributed by atoms with Crippen LogP contribution in [0.15, 0.2) is 72.2 Å². The van der Waals surface area contributed by atoms with E-state index in [-0.39, 0.29) is 5.78 Å². The first-order valence-electron chi connectivity index (χ1n) is 10.2. The molecule has 0 aliphatic rings. The number of methoxy groups -OCH3 is 1. The molecule has 30 heavy (non-hydrogen) atoms. The molecule has 0 saturated carbocycles. The Morgan fingerprint density at radius 3 is 1.97 bits per heavy atom. The molecule has 0 radical (unpaired) electrons. The molecule has 0 saturated heterocycles. The minimum absolute atomic E-state index is 0.136. The topological polar surface area (TPSA) is 44.8 Å². The van der Waals surface area contributed by atoms with Crippen LogP contribution in [0.1, 0.15) is 56.5 Å². The molecular formula is C26H30O4. The van der Waals surface area contributed by atoms with E-state index in [2.05, 4.69) is 0 Å². The number of rotatable bonds is 10. The molecule has 158 valence electrons. The van der Waals surface area contributed by atoms with Crippen LogP contribution in [-0.4, -0.2) is 12.9 Å². The first-order valence-corrected chi connectivity index (χ1v) is 10.2. The molecule has 0 aliphatic heterocycles. The van der Waals surface area contributed by atoms with E-state index in [1.807, 2.05) is 64.1 Å². The van der Waals surface area contributed by atoms with E-state index in [0.717, 1.165) is 35.7 Å². The van der Waals surface area contributed by atoms with Gasteiger partial charge in [0.05, 0.1) is 24.2 Å². The van der Waals surface area contributed by atoms with Gasteiger partial charge >= 0.3 is 0 Å². The molecule has 4 heteroatoms. The van der Waals surface area contributed by atoms with E-state index < -0.39 is 0 Å². The summed E-state index contributed by atoms with van der Waals surface area (Å²) in [7, 11) is 1.55. The van der Waals surface area contributed by atoms with Crippen LogP contribution >= 0.6 is 0 Å². The Morgan fingerprint density at radius 1 is 0.867 bits per heavy atom. The minimum atomic E-state index is -0.136. The number of allylic oxidation sites excluding steroid dienone is 5. The lowest BCUT2D eigenvalue weighted by molar-refractivity contribution is 0.104. The summed E-state index contributed by atoms with van der Waals surface area (Å²) in [5, 5.41) is 0. The Kier molecular flexibility index (Phi) is 8.95. The lowest BCUT2D eigenvalue weighted by Crippen LogP contribution is -2.00. The second kappa shape index (κ2) is 11.7. The van der Waals surface area contributed by atoms with Gasteiger partial charge in [0.2, 0.25) is 0 Å². The highest BCUT2D eigenvalue weighted by Crippen LogP contribution is 2.27. The Bertz CT molecular complexity index is 934. The van der Waals surface area contributed by atoms with Gasteiger partial charge < -0.3 is 14.2 Å². The average Bonchev–Trinajstić information content (AvgIpc) is 2.79. The minimum Gasteiger partial charge on any atom is -0.496 e. The van der Waals surface area contributed by atoms with Gasteiger partial charge in [0.25, 0.3) is 0 Å². The summed E-state index contributed by atoms with van der Waals surface area (Å²) in [4.78, 5) is 12.7. The van der Waals surface area contributed by atoms with Crippen molar-refractivity contribution in [2.24, 2.45) is 0 Å². The molecule has 0 heterocycles. The molecule has 0 aliphatic carbocycles. The normalized spacial score (nSPS) is 12.2. The zero-order chi connectivity index (χ0) is 21.9. The third-order valence-electron chi connectivity index (χ3n) is 4.58. The zero-order valence-corrected chi connectivity index (χ0v) is 18.4. The van der Waals surface area contributed by atoms with Crippen LogP contribution in [-0.2, 0) is 0 Å². The maximum atomic E-state index is 12.7. The highest BCUT2D eigenvalue weighted by atomic mass is 16.5. The predicted molar refractivity (Wildman–Crippen MR) is 122 cm³/mol. The summed E-state index contributed by atoms with van der Waals surface area (Å²) in [5.41, 5.74) is 1.40. The second-order valence-corrected chi connectivity index (χ2v) is 6.55. The molecule has 0 amide bonds. The fourth-order valence-electron chi connectivity index (χ4n) is 2.82. The van der Waals surface area contributed by atoms with Gasteiger partial charge in [-0.2, -0.15) is 0 Å². The summed E-state index contributed by atoms with van der Waals surface area (Å²) in [6, 6.07) is 12.9. The molecule has 4 nitrogen and oxygen atoms in total. The molecule has 0 unspecified atom stereocenters. The lowest BCUT2D eigenvalue weighted by Gasteiger charge is -2.11. The molecule has 0 aromatic heterocycles. The van der Waals surface area contributed by atoms with E-state index in [1.54, 1.807) is 37.5 Å². The largest absolute Gasteiger partial charge is 0.496 e. The Morgan fingerprint density at radius 2 is 1.43 bits per heavy atom. The van der Waals surface area contributed by atoms with Crippen molar-refractivity contribution in [3.05, 3.63) is 83.3 Å². The predicted octanol–water partition coefficient (Wildman–Crippen LogP) is 6.98. The summed E-state index contributed by atoms with van der Waals surface area (Å²) < 4.78 is 17.0. The van der Waals surface area contributed by atoms with Gasteiger partial charge in [-0.15, -0.1) is 0 Å². The monoisotopic (exact) mass is 406 g/mol. The van der Waals surface area contributed by atoms with Crippen molar-refractivity contribution in [3.63, 3.8) is 0 Å². The molecule has 0 N–H and O–H groups in total. The van der Waals surface area contributed by atoms with Gasteiger partial charge in [-0.25, -0.2) is 0 Å². The van der Waals surface area contributed by atoms with Gasteiger partial charge in [-0.05, 0) is 61.9 Å². The molecule has 2 rings (SSSR count). The summed E-state index contributed by atoms with van der Waals surface area (Å²) in [6.45, 7) is 7.96. The van der Waals surface area contributed by atoms with Crippen LogP contribution in [0.4, 0.5) is 0 Å². The molecule has 0 atom stereocenters. The first-order chi connectivity index (χ1) is 14.5. The fourth-order valence-corrected chi connectivity index (χ4v) is 2.82. The van der Waals surface area contributed by atoms with Gasteiger partial charge in [-0.3, -0.25) is 4.79 Å². The maximum Gasteiger partial charge on any atom is 0.189 e. The van der Waals surface area contributed by atoms with E-state index >= 15 is 0 Å². The molecule has 0 spiro atoms. The van der Waals surface area contributed by atoms with Crippen molar-refractivity contribution < 1.29 is 19.0 Å². The van der Waals surface area contributed by atoms with Gasteiger partial charge in [0, 0.05) is 18.9 Å². The average molecular weight is 407 g/mol. The van der Waals surface area contributed by atoms with Crippen molar-refractivity contribution in [1.29, 1.82) is 0 Å². The van der Waals surface area contributed by atoms with Gasteiger partial charge in [0.15, 0.2) is 5.78 Å². The van der Waals surface area contributed by atoms with Crippen molar-refractivity contribution in [2.45, 2.75) is 40.5 Å². The third-order valence-corrected chi connectivity index (χ3v) is 4.58. The molecule has 0 bridgehead atoms. The Labute approximate surface area is 179 Å². The van der Waals surface area contributed by atoms with E-state index in [4.69, 9.17) is 14.2 Å². The summed E-state index contributed by atoms with van der Waals surface area (Å²) in [6.07, 6.45) is 8.83. The summed E-state index contributed by atoms with van der Waals surface area (Å²) in [5.74, 6) is 3.56. The third kappa shape index (κ3) is 6.38. The number of carbonyl (C=O) groups excluding carboxylic acids is 1. The number of ether oxygens (including phenoxy) is 3. The second-order valence-electron chi connectivity index (χ2n) is 6.55. The van der Waals surface area contributed by atoms with Crippen molar-refractivity contribution in [2.75, 3.05) is 7.11 Å². The number of benzene rings is 2. The van der Waals surface area contributed by atoms with Crippen LogP contribution in [0.3, 0.4) is 0 Å². The van der Waals surface area contributed by atoms with Crippen molar-refractivity contribution >= 4 is 11.9 Å². The van der Waals surface area contributed by atoms with Crippen LogP contribution in [0.25, 0.3) is 6.08 Å². The molecular weight excluding hydrogens is 376 g/mol. The molecule has 0 fully saturated rings. The SMILES string of the molecule is CC=C(CC)Oc1ccc(C=CC(=O)c2ccc(OC(=CC)CC)cc2OC)cc1. The number of hydrogen-bond acceptors (Lipinski definition) is 4. The fraction of sp³-hybridized carbons (Fsp3) is 0.269. The van der Waals surface area contributed by atoms with Crippen LogP contribution in [0, 0.1) is 0 Å². The number of carbonyl (C=O) groups is 1. The lowest BCUT2D eigenvalue weighted by atomic mass is 10.1. The standard InChI is InChI=1S/C26H30O4/c1-6-20(7-2)29-22-13-10-19(11-14-22)12-17-25(27)24-16-15-23(18-26(24)28-5)30-21(8-3)9-4/h6,8,10-18H,7,9H2,1-5H3.